The Morgan fingerprint density at radius 3 is 2.24 bits per heavy atom. The maximum Gasteiger partial charge on any atom is 0.419 e. The first-order valence-electron chi connectivity index (χ1n) is 4.61. The minimum absolute atomic E-state index is 0.0773. The fourth-order valence-corrected chi connectivity index (χ4v) is 1.28. The summed E-state index contributed by atoms with van der Waals surface area (Å²) in [7, 11) is 0. The van der Waals surface area contributed by atoms with Crippen LogP contribution in [0.2, 0.25) is 0 Å². The van der Waals surface area contributed by atoms with Crippen molar-refractivity contribution >= 4 is 0 Å². The van der Waals surface area contributed by atoms with Gasteiger partial charge in [-0.05, 0) is 24.1 Å². The van der Waals surface area contributed by atoms with Crippen molar-refractivity contribution in [2.24, 2.45) is 5.73 Å². The maximum atomic E-state index is 12.9. The lowest BCUT2D eigenvalue weighted by molar-refractivity contribution is -0.140. The van der Waals surface area contributed by atoms with E-state index in [4.69, 9.17) is 5.73 Å². The summed E-state index contributed by atoms with van der Waals surface area (Å²) in [6.45, 7) is 0. The molecule has 0 spiro atoms. The summed E-state index contributed by atoms with van der Waals surface area (Å²) in [4.78, 5) is 0. The van der Waals surface area contributed by atoms with Crippen molar-refractivity contribution in [3.8, 4) is 0 Å². The Kier molecular flexibility index (Phi) is 4.03. The summed E-state index contributed by atoms with van der Waals surface area (Å²) in [5, 5.41) is 0. The second-order valence-corrected chi connectivity index (χ2v) is 3.51. The van der Waals surface area contributed by atoms with E-state index in [0.29, 0.717) is 12.1 Å². The van der Waals surface area contributed by atoms with E-state index in [2.05, 4.69) is 0 Å². The summed E-state index contributed by atoms with van der Waals surface area (Å²) in [5.41, 5.74) is 3.47. The third kappa shape index (κ3) is 3.62. The second kappa shape index (κ2) is 4.95. The van der Waals surface area contributed by atoms with Crippen molar-refractivity contribution in [3.05, 3.63) is 35.1 Å². The third-order valence-electron chi connectivity index (χ3n) is 2.13. The SMILES string of the molecule is NC(Cc1ccc(F)c(C(F)(F)F)c1)C(F)F. The summed E-state index contributed by atoms with van der Waals surface area (Å²) in [6, 6.07) is 0.530. The number of benzene rings is 1. The lowest BCUT2D eigenvalue weighted by Crippen LogP contribution is -2.31. The van der Waals surface area contributed by atoms with Gasteiger partial charge in [0.25, 0.3) is 6.43 Å². The normalized spacial score (nSPS) is 14.1. The van der Waals surface area contributed by atoms with Gasteiger partial charge in [-0.15, -0.1) is 0 Å². The molecule has 96 valence electrons. The van der Waals surface area contributed by atoms with Crippen LogP contribution in [0.3, 0.4) is 0 Å². The number of alkyl halides is 5. The molecule has 0 aliphatic heterocycles. The van der Waals surface area contributed by atoms with Crippen LogP contribution in [0.5, 0.6) is 0 Å². The van der Waals surface area contributed by atoms with Crippen molar-refractivity contribution in [1.29, 1.82) is 0 Å². The van der Waals surface area contributed by atoms with Gasteiger partial charge < -0.3 is 5.73 Å². The van der Waals surface area contributed by atoms with Gasteiger partial charge in [0.05, 0.1) is 11.6 Å². The van der Waals surface area contributed by atoms with Gasteiger partial charge in [-0.3, -0.25) is 0 Å². The lowest BCUT2D eigenvalue weighted by atomic mass is 10.0. The smallest absolute Gasteiger partial charge is 0.323 e. The predicted octanol–water partition coefficient (Wildman–Crippen LogP) is 2.98. The fraction of sp³-hybridized carbons (Fsp3) is 0.400. The molecule has 1 aromatic carbocycles. The Morgan fingerprint density at radius 1 is 1.18 bits per heavy atom. The average molecular weight is 257 g/mol. The summed E-state index contributed by atoms with van der Waals surface area (Å²) < 4.78 is 74.0. The molecule has 1 rings (SSSR count). The molecule has 0 saturated heterocycles. The highest BCUT2D eigenvalue weighted by molar-refractivity contribution is 5.28. The van der Waals surface area contributed by atoms with Crippen LogP contribution in [0.25, 0.3) is 0 Å². The highest BCUT2D eigenvalue weighted by Gasteiger charge is 2.34. The summed E-state index contributed by atoms with van der Waals surface area (Å²) >= 11 is 0. The van der Waals surface area contributed by atoms with Crippen LogP contribution in [0.4, 0.5) is 26.3 Å². The van der Waals surface area contributed by atoms with Crippen LogP contribution < -0.4 is 5.73 Å². The van der Waals surface area contributed by atoms with Crippen LogP contribution >= 0.6 is 0 Å². The van der Waals surface area contributed by atoms with Gasteiger partial charge in [0, 0.05) is 0 Å². The van der Waals surface area contributed by atoms with Gasteiger partial charge in [0.1, 0.15) is 5.82 Å². The minimum Gasteiger partial charge on any atom is -0.323 e. The standard InChI is InChI=1S/C10H9F6N/c11-7-2-1-5(4-8(17)9(12)13)3-6(7)10(14,15)16/h1-3,8-9H,4,17H2. The van der Waals surface area contributed by atoms with Crippen molar-refractivity contribution in [2.45, 2.75) is 25.1 Å². The highest BCUT2D eigenvalue weighted by atomic mass is 19.4. The zero-order valence-electron chi connectivity index (χ0n) is 8.44. The van der Waals surface area contributed by atoms with E-state index < -0.39 is 36.4 Å². The molecule has 17 heavy (non-hydrogen) atoms. The first kappa shape index (κ1) is 13.8. The molecule has 0 aliphatic carbocycles. The quantitative estimate of drug-likeness (QED) is 0.828. The maximum absolute atomic E-state index is 12.9. The summed E-state index contributed by atoms with van der Waals surface area (Å²) in [6.07, 6.45) is -8.13. The third-order valence-corrected chi connectivity index (χ3v) is 2.13. The number of hydrogen-bond donors (Lipinski definition) is 1. The predicted molar refractivity (Wildman–Crippen MR) is 49.1 cm³/mol. The molecule has 7 heteroatoms. The molecule has 1 nitrogen and oxygen atoms in total. The van der Waals surface area contributed by atoms with E-state index in [9.17, 15) is 26.3 Å². The zero-order chi connectivity index (χ0) is 13.2. The first-order chi connectivity index (χ1) is 7.71. The monoisotopic (exact) mass is 257 g/mol. The van der Waals surface area contributed by atoms with Crippen LogP contribution in [0.15, 0.2) is 18.2 Å². The van der Waals surface area contributed by atoms with E-state index in [-0.39, 0.29) is 5.56 Å². The Hall–Kier alpha value is -1.24. The van der Waals surface area contributed by atoms with E-state index >= 15 is 0 Å². The van der Waals surface area contributed by atoms with Crippen LogP contribution in [0.1, 0.15) is 11.1 Å². The zero-order valence-corrected chi connectivity index (χ0v) is 8.44. The molecule has 0 fully saturated rings. The molecule has 0 radical (unpaired) electrons. The molecule has 1 atom stereocenters. The number of hydrogen-bond acceptors (Lipinski definition) is 1. The van der Waals surface area contributed by atoms with Crippen molar-refractivity contribution in [3.63, 3.8) is 0 Å². The van der Waals surface area contributed by atoms with E-state index in [1.165, 1.54) is 0 Å². The lowest BCUT2D eigenvalue weighted by Gasteiger charge is -2.13. The highest BCUT2D eigenvalue weighted by Crippen LogP contribution is 2.32. The van der Waals surface area contributed by atoms with Crippen LogP contribution in [-0.2, 0) is 12.6 Å². The Labute approximate surface area is 93.2 Å². The molecule has 1 aromatic rings. The molecule has 2 N–H and O–H groups in total. The average Bonchev–Trinajstić information content (AvgIpc) is 2.19. The molecule has 0 heterocycles. The van der Waals surface area contributed by atoms with Crippen molar-refractivity contribution < 1.29 is 26.3 Å². The van der Waals surface area contributed by atoms with Gasteiger partial charge in [0.2, 0.25) is 0 Å². The van der Waals surface area contributed by atoms with Gasteiger partial charge in [-0.1, -0.05) is 6.07 Å². The molecule has 0 aromatic heterocycles. The Morgan fingerprint density at radius 2 is 1.76 bits per heavy atom. The van der Waals surface area contributed by atoms with E-state index in [1.54, 1.807) is 0 Å². The van der Waals surface area contributed by atoms with E-state index in [0.717, 1.165) is 6.07 Å². The first-order valence-corrected chi connectivity index (χ1v) is 4.61. The molecular formula is C10H9F6N. The summed E-state index contributed by atoms with van der Waals surface area (Å²) in [5.74, 6) is -1.44. The number of rotatable bonds is 3. The fourth-order valence-electron chi connectivity index (χ4n) is 1.28. The molecule has 0 aliphatic rings. The minimum atomic E-state index is -4.85. The largest absolute Gasteiger partial charge is 0.419 e. The van der Waals surface area contributed by atoms with Crippen molar-refractivity contribution in [1.82, 2.24) is 0 Å². The molecular weight excluding hydrogens is 248 g/mol. The second-order valence-electron chi connectivity index (χ2n) is 3.51. The van der Waals surface area contributed by atoms with Gasteiger partial charge in [-0.25, -0.2) is 13.2 Å². The topological polar surface area (TPSA) is 26.0 Å². The van der Waals surface area contributed by atoms with Gasteiger partial charge >= 0.3 is 6.18 Å². The van der Waals surface area contributed by atoms with Crippen LogP contribution in [0, 0.1) is 5.82 Å². The number of halogens is 6. The Balaban J connectivity index is 2.97. The molecule has 1 unspecified atom stereocenters. The molecule has 0 amide bonds. The van der Waals surface area contributed by atoms with Crippen molar-refractivity contribution in [2.75, 3.05) is 0 Å². The molecule has 0 bridgehead atoms. The molecule has 0 saturated carbocycles. The van der Waals surface area contributed by atoms with E-state index in [1.807, 2.05) is 0 Å². The Bertz CT molecular complexity index is 387. The number of nitrogens with two attached hydrogens (primary N) is 1. The van der Waals surface area contributed by atoms with Gasteiger partial charge in [0.15, 0.2) is 0 Å². The van der Waals surface area contributed by atoms with Gasteiger partial charge in [-0.2, -0.15) is 13.2 Å². The van der Waals surface area contributed by atoms with Crippen LogP contribution in [-0.4, -0.2) is 12.5 Å².